The monoisotopic (exact) mass is 342 g/mol. The van der Waals surface area contributed by atoms with Gasteiger partial charge in [0.2, 0.25) is 11.8 Å². The first-order valence-electron chi connectivity index (χ1n) is 8.84. The van der Waals surface area contributed by atoms with Crippen molar-refractivity contribution in [3.05, 3.63) is 35.5 Å². The van der Waals surface area contributed by atoms with E-state index < -0.39 is 0 Å². The van der Waals surface area contributed by atoms with Crippen molar-refractivity contribution in [2.24, 2.45) is 0 Å². The first-order valence-corrected chi connectivity index (χ1v) is 8.84. The number of carbonyl (C=O) groups excluding carboxylic acids is 2. The standard InChI is InChI=1S/C19H26N4O2/c1-13-3-4-16-14(11-21-17(16)9-13)10-18(24)22-15-5-7-23(8-6-15)12-19(25)20-2/h3-4,9,11,15,21H,5-8,10,12H2,1-2H3,(H,20,25)(H,22,24). The van der Waals surface area contributed by atoms with E-state index in [0.717, 1.165) is 42.4 Å². The van der Waals surface area contributed by atoms with E-state index in [-0.39, 0.29) is 17.9 Å². The van der Waals surface area contributed by atoms with Crippen molar-refractivity contribution < 1.29 is 9.59 Å². The summed E-state index contributed by atoms with van der Waals surface area (Å²) in [6, 6.07) is 6.43. The molecule has 2 amide bonds. The largest absolute Gasteiger partial charge is 0.361 e. The number of rotatable bonds is 5. The molecule has 3 rings (SSSR count). The predicted octanol–water partition coefficient (Wildman–Crippen LogP) is 1.35. The second-order valence-electron chi connectivity index (χ2n) is 6.83. The highest BCUT2D eigenvalue weighted by Crippen LogP contribution is 2.20. The molecule has 0 aliphatic carbocycles. The second kappa shape index (κ2) is 7.70. The van der Waals surface area contributed by atoms with E-state index in [9.17, 15) is 9.59 Å². The van der Waals surface area contributed by atoms with Crippen LogP contribution in [0.25, 0.3) is 10.9 Å². The molecule has 1 fully saturated rings. The van der Waals surface area contributed by atoms with Crippen LogP contribution in [0.3, 0.4) is 0 Å². The summed E-state index contributed by atoms with van der Waals surface area (Å²) >= 11 is 0. The number of likely N-dealkylation sites (tertiary alicyclic amines) is 1. The molecule has 2 aromatic rings. The van der Waals surface area contributed by atoms with Crippen LogP contribution < -0.4 is 10.6 Å². The molecular formula is C19H26N4O2. The summed E-state index contributed by atoms with van der Waals surface area (Å²) < 4.78 is 0. The van der Waals surface area contributed by atoms with Crippen LogP contribution in [0.4, 0.5) is 0 Å². The van der Waals surface area contributed by atoms with Gasteiger partial charge < -0.3 is 15.6 Å². The van der Waals surface area contributed by atoms with Gasteiger partial charge in [-0.25, -0.2) is 0 Å². The lowest BCUT2D eigenvalue weighted by atomic mass is 10.0. The predicted molar refractivity (Wildman–Crippen MR) is 98.4 cm³/mol. The third-order valence-electron chi connectivity index (χ3n) is 4.87. The van der Waals surface area contributed by atoms with Gasteiger partial charge >= 0.3 is 0 Å². The molecule has 0 bridgehead atoms. The summed E-state index contributed by atoms with van der Waals surface area (Å²) in [5.41, 5.74) is 3.31. The number of nitrogens with zero attached hydrogens (tertiary/aromatic N) is 1. The highest BCUT2D eigenvalue weighted by atomic mass is 16.2. The number of aromatic nitrogens is 1. The van der Waals surface area contributed by atoms with Crippen LogP contribution in [0.15, 0.2) is 24.4 Å². The maximum Gasteiger partial charge on any atom is 0.233 e. The van der Waals surface area contributed by atoms with Gasteiger partial charge in [-0.2, -0.15) is 0 Å². The first-order chi connectivity index (χ1) is 12.0. The number of aromatic amines is 1. The fourth-order valence-corrected chi connectivity index (χ4v) is 3.42. The number of aryl methyl sites for hydroxylation is 1. The van der Waals surface area contributed by atoms with Crippen molar-refractivity contribution >= 4 is 22.7 Å². The molecule has 1 aromatic heterocycles. The van der Waals surface area contributed by atoms with Gasteiger partial charge in [-0.05, 0) is 37.0 Å². The fourth-order valence-electron chi connectivity index (χ4n) is 3.42. The SMILES string of the molecule is CNC(=O)CN1CCC(NC(=O)Cc2c[nH]c3cc(C)ccc23)CC1. The van der Waals surface area contributed by atoms with E-state index in [1.165, 1.54) is 5.56 Å². The Morgan fingerprint density at radius 3 is 2.72 bits per heavy atom. The highest BCUT2D eigenvalue weighted by Gasteiger charge is 2.22. The van der Waals surface area contributed by atoms with Crippen LogP contribution >= 0.6 is 0 Å². The number of H-pyrrole nitrogens is 1. The van der Waals surface area contributed by atoms with E-state index in [2.05, 4.69) is 45.6 Å². The first kappa shape index (κ1) is 17.5. The molecule has 0 saturated carbocycles. The molecular weight excluding hydrogens is 316 g/mol. The molecule has 0 spiro atoms. The fraction of sp³-hybridized carbons (Fsp3) is 0.474. The Kier molecular flexibility index (Phi) is 5.38. The average molecular weight is 342 g/mol. The van der Waals surface area contributed by atoms with Crippen LogP contribution in [0, 0.1) is 6.92 Å². The zero-order valence-electron chi connectivity index (χ0n) is 14.9. The number of nitrogens with one attached hydrogen (secondary N) is 3. The van der Waals surface area contributed by atoms with Crippen molar-refractivity contribution in [3.63, 3.8) is 0 Å². The van der Waals surface area contributed by atoms with Crippen LogP contribution in [0.5, 0.6) is 0 Å². The molecule has 1 saturated heterocycles. The average Bonchev–Trinajstić information content (AvgIpc) is 2.98. The molecule has 134 valence electrons. The van der Waals surface area contributed by atoms with Gasteiger partial charge in [0.1, 0.15) is 0 Å². The normalized spacial score (nSPS) is 16.1. The molecule has 3 N–H and O–H groups in total. The van der Waals surface area contributed by atoms with Gasteiger partial charge in [-0.15, -0.1) is 0 Å². The number of hydrogen-bond acceptors (Lipinski definition) is 3. The maximum atomic E-state index is 12.4. The third kappa shape index (κ3) is 4.39. The number of carbonyl (C=O) groups is 2. The molecule has 6 heteroatoms. The van der Waals surface area contributed by atoms with Crippen molar-refractivity contribution in [3.8, 4) is 0 Å². The molecule has 0 unspecified atom stereocenters. The zero-order valence-corrected chi connectivity index (χ0v) is 14.9. The quantitative estimate of drug-likeness (QED) is 0.767. The minimum atomic E-state index is 0.0389. The van der Waals surface area contributed by atoms with Crippen LogP contribution in [0.2, 0.25) is 0 Å². The summed E-state index contributed by atoms with van der Waals surface area (Å²) in [5, 5.41) is 6.90. The number of hydrogen-bond donors (Lipinski definition) is 3. The van der Waals surface area contributed by atoms with E-state index in [1.807, 2.05) is 6.20 Å². The van der Waals surface area contributed by atoms with Gasteiger partial charge in [0.05, 0.1) is 13.0 Å². The Balaban J connectivity index is 1.50. The van der Waals surface area contributed by atoms with Gasteiger partial charge in [0.15, 0.2) is 0 Å². The number of likely N-dealkylation sites (N-methyl/N-ethyl adjacent to an activating group) is 1. The van der Waals surface area contributed by atoms with E-state index >= 15 is 0 Å². The highest BCUT2D eigenvalue weighted by molar-refractivity contribution is 5.89. The second-order valence-corrected chi connectivity index (χ2v) is 6.83. The molecule has 1 aliphatic rings. The van der Waals surface area contributed by atoms with Crippen molar-refractivity contribution in [2.45, 2.75) is 32.2 Å². The van der Waals surface area contributed by atoms with Crippen LogP contribution in [-0.4, -0.2) is 54.4 Å². The minimum Gasteiger partial charge on any atom is -0.361 e. The van der Waals surface area contributed by atoms with Gasteiger partial charge in [-0.1, -0.05) is 12.1 Å². The Bertz CT molecular complexity index is 760. The van der Waals surface area contributed by atoms with Crippen molar-refractivity contribution in [1.29, 1.82) is 0 Å². The van der Waals surface area contributed by atoms with Gasteiger partial charge in [0, 0.05) is 43.3 Å². The third-order valence-corrected chi connectivity index (χ3v) is 4.87. The number of amides is 2. The summed E-state index contributed by atoms with van der Waals surface area (Å²) in [5.74, 6) is 0.100. The number of piperidine rings is 1. The zero-order chi connectivity index (χ0) is 17.8. The summed E-state index contributed by atoms with van der Waals surface area (Å²) in [6.07, 6.45) is 4.09. The Labute approximate surface area is 148 Å². The summed E-state index contributed by atoms with van der Waals surface area (Å²) in [6.45, 7) is 4.17. The van der Waals surface area contributed by atoms with Gasteiger partial charge in [-0.3, -0.25) is 14.5 Å². The molecule has 1 aromatic carbocycles. The maximum absolute atomic E-state index is 12.4. The lowest BCUT2D eigenvalue weighted by Gasteiger charge is -2.31. The molecule has 1 aliphatic heterocycles. The molecule has 25 heavy (non-hydrogen) atoms. The van der Waals surface area contributed by atoms with Crippen LogP contribution in [-0.2, 0) is 16.0 Å². The molecule has 6 nitrogen and oxygen atoms in total. The number of fused-ring (bicyclic) bond motifs is 1. The van der Waals surface area contributed by atoms with Crippen LogP contribution in [0.1, 0.15) is 24.0 Å². The summed E-state index contributed by atoms with van der Waals surface area (Å²) in [4.78, 5) is 29.2. The Morgan fingerprint density at radius 2 is 2.00 bits per heavy atom. The smallest absolute Gasteiger partial charge is 0.233 e. The number of benzene rings is 1. The van der Waals surface area contributed by atoms with E-state index in [1.54, 1.807) is 7.05 Å². The van der Waals surface area contributed by atoms with E-state index in [4.69, 9.17) is 0 Å². The van der Waals surface area contributed by atoms with E-state index in [0.29, 0.717) is 13.0 Å². The minimum absolute atomic E-state index is 0.0389. The molecule has 0 radical (unpaired) electrons. The van der Waals surface area contributed by atoms with Crippen molar-refractivity contribution in [1.82, 2.24) is 20.5 Å². The topological polar surface area (TPSA) is 77.2 Å². The lowest BCUT2D eigenvalue weighted by molar-refractivity contribution is -0.123. The van der Waals surface area contributed by atoms with Gasteiger partial charge in [0.25, 0.3) is 0 Å². The Hall–Kier alpha value is -2.34. The lowest BCUT2D eigenvalue weighted by Crippen LogP contribution is -2.47. The Morgan fingerprint density at radius 1 is 1.24 bits per heavy atom. The van der Waals surface area contributed by atoms with Crippen molar-refractivity contribution in [2.75, 3.05) is 26.7 Å². The molecule has 2 heterocycles. The summed E-state index contributed by atoms with van der Waals surface area (Å²) in [7, 11) is 1.65. The molecule has 0 atom stereocenters.